The summed E-state index contributed by atoms with van der Waals surface area (Å²) in [6.45, 7) is 13.8. The molecule has 0 aliphatic heterocycles. The number of hydrogen-bond donors (Lipinski definition) is 0. The molecule has 152 valence electrons. The molecule has 0 saturated carbocycles. The summed E-state index contributed by atoms with van der Waals surface area (Å²) >= 11 is 5.71. The van der Waals surface area contributed by atoms with Gasteiger partial charge in [-0.05, 0) is 0 Å². The number of hydrogen-bond acceptors (Lipinski definition) is 0. The van der Waals surface area contributed by atoms with Crippen molar-refractivity contribution in [2.24, 2.45) is 0 Å². The summed E-state index contributed by atoms with van der Waals surface area (Å²) in [7, 11) is 0. The molecule has 0 nitrogen and oxygen atoms in total. The van der Waals surface area contributed by atoms with Crippen LogP contribution in [0.2, 0.25) is 3.63 Å². The summed E-state index contributed by atoms with van der Waals surface area (Å²) in [5.41, 5.74) is 8.99. The van der Waals surface area contributed by atoms with Gasteiger partial charge in [-0.15, -0.1) is 0 Å². The second-order valence-corrected chi connectivity index (χ2v) is 38.7. The summed E-state index contributed by atoms with van der Waals surface area (Å²) in [5.74, 6) is 0. The van der Waals surface area contributed by atoms with E-state index in [1.807, 2.05) is 0 Å². The van der Waals surface area contributed by atoms with E-state index in [1.54, 1.807) is 0 Å². The van der Waals surface area contributed by atoms with E-state index in [0.29, 0.717) is 7.25 Å². The van der Waals surface area contributed by atoms with Crippen molar-refractivity contribution < 1.29 is 15.6 Å². The Morgan fingerprint density at radius 1 is 0.690 bits per heavy atom. The third-order valence-electron chi connectivity index (χ3n) is 6.33. The molecule has 0 heterocycles. The van der Waals surface area contributed by atoms with Crippen molar-refractivity contribution in [2.75, 3.05) is 0 Å². The van der Waals surface area contributed by atoms with Crippen LogP contribution in [0, 0.1) is 0 Å². The van der Waals surface area contributed by atoms with Gasteiger partial charge in [0.25, 0.3) is 0 Å². The van der Waals surface area contributed by atoms with E-state index in [1.165, 1.54) is 33.4 Å². The van der Waals surface area contributed by atoms with E-state index in [2.05, 4.69) is 127 Å². The second-order valence-electron chi connectivity index (χ2n) is 10.5. The third kappa shape index (κ3) is 3.90. The van der Waals surface area contributed by atoms with Crippen molar-refractivity contribution in [1.82, 2.24) is 0 Å². The van der Waals surface area contributed by atoms with Crippen LogP contribution in [-0.2, 0) is 26.4 Å². The van der Waals surface area contributed by atoms with E-state index >= 15 is 0 Å². The standard InChI is InChI=1S/C21H25.C5H5.2BrH.Zr/c1-20(2,3)16-9-7-14-11-15-8-10-17(21(4,5)6)13-19(15)18(14)12-16;1-2-4-5-3-1;;;/h7-13H,1-6H3;1-5H;2*1H;/q;;;;+2/p-2. The molecule has 0 unspecified atom stereocenters. The number of fused-ring (bicyclic) bond motifs is 3. The van der Waals surface area contributed by atoms with Crippen LogP contribution in [-0.4, -0.2) is 0 Å². The fraction of sp³-hybridized carbons (Fsp3) is 0.385. The van der Waals surface area contributed by atoms with Gasteiger partial charge < -0.3 is 0 Å². The minimum absolute atomic E-state index is 0.148. The first-order valence-corrected chi connectivity index (χ1v) is 24.5. The SMILES string of the molecule is CC(C)(C)c1ccc2c(c1)-c1cc(C(C)(C)C)ccc1[CH]2[Zr]([Br])([Br])[CH]1C=CC=C1. The van der Waals surface area contributed by atoms with Crippen LogP contribution >= 0.6 is 24.4 Å². The molecule has 2 aliphatic rings. The Labute approximate surface area is 192 Å². The van der Waals surface area contributed by atoms with Gasteiger partial charge in [-0.2, -0.15) is 0 Å². The van der Waals surface area contributed by atoms with Gasteiger partial charge in [0, 0.05) is 0 Å². The Kier molecular flexibility index (Phi) is 5.62. The first-order chi connectivity index (χ1) is 13.4. The molecule has 0 bridgehead atoms. The summed E-state index contributed by atoms with van der Waals surface area (Å²) < 4.78 is 0.965. The average molecular weight is 594 g/mol. The molecule has 2 aliphatic carbocycles. The molecule has 0 spiro atoms. The fourth-order valence-electron chi connectivity index (χ4n) is 4.48. The average Bonchev–Trinajstić information content (AvgIpc) is 3.26. The van der Waals surface area contributed by atoms with Crippen molar-refractivity contribution >= 4 is 24.4 Å². The summed E-state index contributed by atoms with van der Waals surface area (Å²) in [5, 5.41) is 0. The predicted octanol–water partition coefficient (Wildman–Crippen LogP) is 9.04. The first-order valence-electron chi connectivity index (χ1n) is 10.4. The predicted molar refractivity (Wildman–Crippen MR) is 131 cm³/mol. The Morgan fingerprint density at radius 3 is 1.48 bits per heavy atom. The van der Waals surface area contributed by atoms with Crippen LogP contribution in [0.1, 0.15) is 67.4 Å². The van der Waals surface area contributed by atoms with Crippen LogP contribution in [0.25, 0.3) is 11.1 Å². The van der Waals surface area contributed by atoms with Crippen LogP contribution in [0.4, 0.5) is 0 Å². The summed E-state index contributed by atoms with van der Waals surface area (Å²) in [6.07, 6.45) is 9.12. The molecule has 0 N–H and O–H groups in total. The fourth-order valence-corrected chi connectivity index (χ4v) is 20.0. The molecular formula is C26H30Br2Zr. The topological polar surface area (TPSA) is 0 Å². The maximum absolute atomic E-state index is 4.32. The van der Waals surface area contributed by atoms with Crippen LogP contribution < -0.4 is 0 Å². The molecule has 0 atom stereocenters. The van der Waals surface area contributed by atoms with E-state index in [0.717, 1.165) is 0 Å². The van der Waals surface area contributed by atoms with Crippen molar-refractivity contribution in [2.45, 2.75) is 59.6 Å². The zero-order valence-corrected chi connectivity index (χ0v) is 23.8. The van der Waals surface area contributed by atoms with Gasteiger partial charge in [0.05, 0.1) is 0 Å². The van der Waals surface area contributed by atoms with Crippen LogP contribution in [0.3, 0.4) is 0 Å². The Hall–Kier alpha value is -0.237. The second kappa shape index (κ2) is 7.42. The normalized spacial score (nSPS) is 17.1. The molecule has 2 aromatic rings. The number of benzene rings is 2. The molecule has 29 heavy (non-hydrogen) atoms. The third-order valence-corrected chi connectivity index (χ3v) is 24.6. The quantitative estimate of drug-likeness (QED) is 0.326. The summed E-state index contributed by atoms with van der Waals surface area (Å²) in [4.78, 5) is 0. The molecular weight excluding hydrogens is 563 g/mol. The molecule has 0 amide bonds. The molecule has 0 aromatic heterocycles. The van der Waals surface area contributed by atoms with Gasteiger partial charge >= 0.3 is 194 Å². The van der Waals surface area contributed by atoms with E-state index in [9.17, 15) is 0 Å². The summed E-state index contributed by atoms with van der Waals surface area (Å²) in [6, 6.07) is 14.4. The zero-order valence-electron chi connectivity index (χ0n) is 18.2. The monoisotopic (exact) mass is 590 g/mol. The number of halogens is 2. The van der Waals surface area contributed by atoms with E-state index in [4.69, 9.17) is 0 Å². The Bertz CT molecular complexity index is 940. The zero-order chi connectivity index (χ0) is 21.2. The number of rotatable bonds is 2. The molecule has 0 saturated heterocycles. The van der Waals surface area contributed by atoms with E-state index < -0.39 is 15.6 Å². The minimum atomic E-state index is -2.92. The van der Waals surface area contributed by atoms with Gasteiger partial charge in [0.15, 0.2) is 0 Å². The van der Waals surface area contributed by atoms with Gasteiger partial charge in [0.2, 0.25) is 0 Å². The maximum atomic E-state index is 4.32. The van der Waals surface area contributed by atoms with E-state index in [-0.39, 0.29) is 10.8 Å². The van der Waals surface area contributed by atoms with Gasteiger partial charge in [-0.25, -0.2) is 0 Å². The Balaban J connectivity index is 1.95. The molecule has 0 radical (unpaired) electrons. The number of allylic oxidation sites excluding steroid dienone is 4. The van der Waals surface area contributed by atoms with Crippen LogP contribution in [0.15, 0.2) is 60.7 Å². The Morgan fingerprint density at radius 2 is 1.10 bits per heavy atom. The van der Waals surface area contributed by atoms with Gasteiger partial charge in [-0.3, -0.25) is 0 Å². The molecule has 3 heteroatoms. The van der Waals surface area contributed by atoms with Gasteiger partial charge in [0.1, 0.15) is 0 Å². The van der Waals surface area contributed by atoms with Crippen LogP contribution in [0.5, 0.6) is 0 Å². The van der Waals surface area contributed by atoms with Crippen molar-refractivity contribution in [1.29, 1.82) is 0 Å². The molecule has 2 aromatic carbocycles. The van der Waals surface area contributed by atoms with Crippen molar-refractivity contribution in [3.63, 3.8) is 0 Å². The van der Waals surface area contributed by atoms with Gasteiger partial charge in [-0.1, -0.05) is 0 Å². The molecule has 4 rings (SSSR count). The van der Waals surface area contributed by atoms with Crippen molar-refractivity contribution in [3.8, 4) is 11.1 Å². The first kappa shape index (κ1) is 22.0. The molecule has 0 fully saturated rings. The van der Waals surface area contributed by atoms with Crippen molar-refractivity contribution in [3.05, 3.63) is 83.0 Å².